The highest BCUT2D eigenvalue weighted by Gasteiger charge is 1.90. The Hall–Kier alpha value is -0.630. The van der Waals surface area contributed by atoms with Crippen LogP contribution in [-0.2, 0) is 6.42 Å². The fourth-order valence-corrected chi connectivity index (χ4v) is 0.698. The summed E-state index contributed by atoms with van der Waals surface area (Å²) in [7, 11) is 0. The van der Waals surface area contributed by atoms with Crippen LogP contribution in [0.3, 0.4) is 0 Å². The van der Waals surface area contributed by atoms with E-state index >= 15 is 0 Å². The molecule has 0 aliphatic heterocycles. The minimum Gasteiger partial charge on any atom is -0.241 e. The molecule has 2 nitrogen and oxygen atoms in total. The van der Waals surface area contributed by atoms with Gasteiger partial charge in [0, 0.05) is 12.6 Å². The predicted octanol–water partition coefficient (Wildman–Crippen LogP) is 1.69. The number of nitrogens with zero attached hydrogens (tertiary/aromatic N) is 2. The zero-order valence-electron chi connectivity index (χ0n) is 5.13. The summed E-state index contributed by atoms with van der Waals surface area (Å²) in [5, 5.41) is 0.516. The summed E-state index contributed by atoms with van der Waals surface area (Å²) < 4.78 is 0. The van der Waals surface area contributed by atoms with E-state index in [1.807, 2.05) is 6.92 Å². The molecule has 1 aromatic heterocycles. The Morgan fingerprint density at radius 2 is 2.44 bits per heavy atom. The lowest BCUT2D eigenvalue weighted by atomic mass is 10.4. The van der Waals surface area contributed by atoms with Gasteiger partial charge in [0.25, 0.3) is 0 Å². The molecule has 48 valence electrons. The van der Waals surface area contributed by atoms with E-state index < -0.39 is 0 Å². The van der Waals surface area contributed by atoms with Crippen molar-refractivity contribution in [3.05, 3.63) is 23.2 Å². The minimum absolute atomic E-state index is 0.516. The highest BCUT2D eigenvalue weighted by atomic mass is 35.5. The lowest BCUT2D eigenvalue weighted by molar-refractivity contribution is 0.940. The lowest BCUT2D eigenvalue weighted by Crippen LogP contribution is -1.89. The van der Waals surface area contributed by atoms with Gasteiger partial charge in [-0.25, -0.2) is 9.97 Å². The van der Waals surface area contributed by atoms with Crippen LogP contribution >= 0.6 is 11.6 Å². The molecule has 0 saturated heterocycles. The van der Waals surface area contributed by atoms with Crippen molar-refractivity contribution in [3.63, 3.8) is 0 Å². The number of hydrogen-bond acceptors (Lipinski definition) is 2. The maximum absolute atomic E-state index is 5.57. The number of aryl methyl sites for hydroxylation is 1. The zero-order valence-corrected chi connectivity index (χ0v) is 5.89. The van der Waals surface area contributed by atoms with Crippen LogP contribution in [0.1, 0.15) is 12.7 Å². The second-order valence-electron chi connectivity index (χ2n) is 1.65. The van der Waals surface area contributed by atoms with E-state index in [1.165, 1.54) is 0 Å². The molecule has 9 heavy (non-hydrogen) atoms. The smallest absolute Gasteiger partial charge is 0.132 e. The second-order valence-corrected chi connectivity index (χ2v) is 2.04. The van der Waals surface area contributed by atoms with E-state index in [2.05, 4.69) is 9.97 Å². The molecule has 3 heteroatoms. The highest BCUT2D eigenvalue weighted by Crippen LogP contribution is 2.01. The number of halogens is 1. The van der Waals surface area contributed by atoms with Gasteiger partial charge in [0.05, 0.1) is 0 Å². The monoisotopic (exact) mass is 142 g/mol. The van der Waals surface area contributed by atoms with Crippen LogP contribution < -0.4 is 0 Å². The van der Waals surface area contributed by atoms with Gasteiger partial charge in [-0.1, -0.05) is 18.5 Å². The molecule has 0 amide bonds. The van der Waals surface area contributed by atoms with Crippen LogP contribution in [0.5, 0.6) is 0 Å². The van der Waals surface area contributed by atoms with Gasteiger partial charge < -0.3 is 0 Å². The summed E-state index contributed by atoms with van der Waals surface area (Å²) in [4.78, 5) is 7.91. The van der Waals surface area contributed by atoms with Crippen molar-refractivity contribution in [1.29, 1.82) is 0 Å². The van der Waals surface area contributed by atoms with Crippen LogP contribution in [0.4, 0.5) is 0 Å². The molecule has 0 fully saturated rings. The number of aromatic nitrogens is 2. The Labute approximate surface area is 58.9 Å². The van der Waals surface area contributed by atoms with Crippen molar-refractivity contribution < 1.29 is 0 Å². The molecular weight excluding hydrogens is 136 g/mol. The summed E-state index contributed by atoms with van der Waals surface area (Å²) in [6.07, 6.45) is 2.49. The van der Waals surface area contributed by atoms with Gasteiger partial charge in [0.1, 0.15) is 11.0 Å². The van der Waals surface area contributed by atoms with Crippen molar-refractivity contribution in [1.82, 2.24) is 9.97 Å². The quantitative estimate of drug-likeness (QED) is 0.558. The van der Waals surface area contributed by atoms with Crippen LogP contribution in [0.25, 0.3) is 0 Å². The molecule has 1 aromatic rings. The molecule has 0 saturated carbocycles. The zero-order chi connectivity index (χ0) is 6.69. The van der Waals surface area contributed by atoms with E-state index in [0.717, 1.165) is 12.2 Å². The molecular formula is C6H7ClN2. The molecule has 0 radical (unpaired) electrons. The van der Waals surface area contributed by atoms with Crippen molar-refractivity contribution in [2.24, 2.45) is 0 Å². The Morgan fingerprint density at radius 1 is 1.67 bits per heavy atom. The van der Waals surface area contributed by atoms with Crippen molar-refractivity contribution in [2.75, 3.05) is 0 Å². The average molecular weight is 143 g/mol. The van der Waals surface area contributed by atoms with E-state index in [0.29, 0.717) is 5.15 Å². The number of rotatable bonds is 1. The van der Waals surface area contributed by atoms with E-state index in [4.69, 9.17) is 11.6 Å². The Morgan fingerprint density at radius 3 is 2.89 bits per heavy atom. The Balaban J connectivity index is 2.94. The lowest BCUT2D eigenvalue weighted by Gasteiger charge is -1.91. The highest BCUT2D eigenvalue weighted by molar-refractivity contribution is 6.29. The molecule has 0 aromatic carbocycles. The first-order valence-corrected chi connectivity index (χ1v) is 3.18. The fraction of sp³-hybridized carbons (Fsp3) is 0.333. The minimum atomic E-state index is 0.516. The van der Waals surface area contributed by atoms with Crippen LogP contribution in [0.2, 0.25) is 5.15 Å². The molecule has 0 N–H and O–H groups in total. The molecule has 0 unspecified atom stereocenters. The SMILES string of the molecule is CCc1nccc(Cl)n1. The van der Waals surface area contributed by atoms with Crippen molar-refractivity contribution in [2.45, 2.75) is 13.3 Å². The first-order chi connectivity index (χ1) is 4.33. The summed E-state index contributed by atoms with van der Waals surface area (Å²) in [6, 6.07) is 1.67. The van der Waals surface area contributed by atoms with Gasteiger partial charge in [-0.3, -0.25) is 0 Å². The topological polar surface area (TPSA) is 25.8 Å². The third kappa shape index (κ3) is 1.64. The average Bonchev–Trinajstić information content (AvgIpc) is 1.88. The predicted molar refractivity (Wildman–Crippen MR) is 36.4 cm³/mol. The normalized spacial score (nSPS) is 9.56. The molecule has 0 aliphatic carbocycles. The summed E-state index contributed by atoms with van der Waals surface area (Å²) >= 11 is 5.57. The van der Waals surface area contributed by atoms with Gasteiger partial charge in [-0.05, 0) is 6.07 Å². The first kappa shape index (κ1) is 6.49. The second kappa shape index (κ2) is 2.78. The third-order valence-electron chi connectivity index (χ3n) is 0.988. The molecule has 1 heterocycles. The van der Waals surface area contributed by atoms with Gasteiger partial charge >= 0.3 is 0 Å². The molecule has 0 atom stereocenters. The van der Waals surface area contributed by atoms with Crippen LogP contribution in [0.15, 0.2) is 12.3 Å². The van der Waals surface area contributed by atoms with Crippen molar-refractivity contribution >= 4 is 11.6 Å². The van der Waals surface area contributed by atoms with E-state index in [-0.39, 0.29) is 0 Å². The maximum Gasteiger partial charge on any atom is 0.132 e. The van der Waals surface area contributed by atoms with Gasteiger partial charge in [0.15, 0.2) is 0 Å². The third-order valence-corrected chi connectivity index (χ3v) is 1.20. The van der Waals surface area contributed by atoms with Gasteiger partial charge in [0.2, 0.25) is 0 Å². The van der Waals surface area contributed by atoms with E-state index in [9.17, 15) is 0 Å². The summed E-state index contributed by atoms with van der Waals surface area (Å²) in [6.45, 7) is 1.99. The molecule has 0 spiro atoms. The van der Waals surface area contributed by atoms with Crippen LogP contribution in [-0.4, -0.2) is 9.97 Å². The Kier molecular flexibility index (Phi) is 2.01. The van der Waals surface area contributed by atoms with Gasteiger partial charge in [-0.2, -0.15) is 0 Å². The van der Waals surface area contributed by atoms with Crippen LogP contribution in [0, 0.1) is 0 Å². The number of hydrogen-bond donors (Lipinski definition) is 0. The molecule has 0 bridgehead atoms. The Bertz CT molecular complexity index is 200. The standard InChI is InChI=1S/C6H7ClN2/c1-2-6-8-4-3-5(7)9-6/h3-4H,2H2,1H3. The molecule has 1 rings (SSSR count). The fourth-order valence-electron chi connectivity index (χ4n) is 0.545. The first-order valence-electron chi connectivity index (χ1n) is 2.80. The maximum atomic E-state index is 5.57. The summed E-state index contributed by atoms with van der Waals surface area (Å²) in [5.74, 6) is 0.794. The summed E-state index contributed by atoms with van der Waals surface area (Å²) in [5.41, 5.74) is 0. The largest absolute Gasteiger partial charge is 0.241 e. The van der Waals surface area contributed by atoms with Gasteiger partial charge in [-0.15, -0.1) is 0 Å². The molecule has 0 aliphatic rings. The van der Waals surface area contributed by atoms with Crippen molar-refractivity contribution in [3.8, 4) is 0 Å². The van der Waals surface area contributed by atoms with E-state index in [1.54, 1.807) is 12.3 Å².